The second kappa shape index (κ2) is 7.34. The van der Waals surface area contributed by atoms with E-state index in [9.17, 15) is 0 Å². The highest BCUT2D eigenvalue weighted by atomic mass is 16.5. The molecule has 2 aromatic carbocycles. The van der Waals surface area contributed by atoms with Crippen LogP contribution in [-0.4, -0.2) is 12.1 Å². The van der Waals surface area contributed by atoms with Crippen molar-refractivity contribution in [2.45, 2.75) is 6.61 Å². The third-order valence-corrected chi connectivity index (χ3v) is 3.66. The second-order valence-electron chi connectivity index (χ2n) is 5.22. The first-order valence-corrected chi connectivity index (χ1v) is 7.58. The van der Waals surface area contributed by atoms with Crippen LogP contribution in [0.15, 0.2) is 66.9 Å². The van der Waals surface area contributed by atoms with Crippen molar-refractivity contribution >= 4 is 0 Å². The fourth-order valence-corrected chi connectivity index (χ4v) is 2.37. The van der Waals surface area contributed by atoms with Crippen molar-refractivity contribution in [1.82, 2.24) is 4.98 Å². The molecule has 0 radical (unpaired) electrons. The van der Waals surface area contributed by atoms with Gasteiger partial charge in [0.2, 0.25) is 5.88 Å². The van der Waals surface area contributed by atoms with Crippen LogP contribution in [0.3, 0.4) is 0 Å². The quantitative estimate of drug-likeness (QED) is 0.657. The second-order valence-corrected chi connectivity index (χ2v) is 5.22. The van der Waals surface area contributed by atoms with E-state index in [4.69, 9.17) is 15.9 Å². The maximum Gasteiger partial charge on any atom is 0.213 e. The summed E-state index contributed by atoms with van der Waals surface area (Å²) in [6.45, 7) is 0.488. The molecule has 3 nitrogen and oxygen atoms in total. The first-order valence-electron chi connectivity index (χ1n) is 7.58. The molecule has 0 aliphatic heterocycles. The van der Waals surface area contributed by atoms with Gasteiger partial charge in [-0.3, -0.25) is 0 Å². The molecule has 0 fully saturated rings. The smallest absolute Gasteiger partial charge is 0.213 e. The molecule has 0 aliphatic carbocycles. The van der Waals surface area contributed by atoms with E-state index in [2.05, 4.69) is 10.9 Å². The molecule has 1 aromatic heterocycles. The van der Waals surface area contributed by atoms with Crippen LogP contribution in [0, 0.1) is 12.3 Å². The predicted octanol–water partition coefficient (Wildman–Crippen LogP) is 4.32. The van der Waals surface area contributed by atoms with Gasteiger partial charge in [-0.1, -0.05) is 36.3 Å². The summed E-state index contributed by atoms with van der Waals surface area (Å²) in [6.07, 6.45) is 7.35. The van der Waals surface area contributed by atoms with Crippen molar-refractivity contribution < 1.29 is 9.47 Å². The van der Waals surface area contributed by atoms with Crippen molar-refractivity contribution in [2.24, 2.45) is 0 Å². The van der Waals surface area contributed by atoms with Gasteiger partial charge in [0, 0.05) is 29.0 Å². The number of benzene rings is 2. The van der Waals surface area contributed by atoms with E-state index in [0.717, 1.165) is 28.0 Å². The highest BCUT2D eigenvalue weighted by Crippen LogP contribution is 2.28. The van der Waals surface area contributed by atoms with Gasteiger partial charge in [0.15, 0.2) is 0 Å². The molecule has 3 heteroatoms. The molecule has 0 bridgehead atoms. The summed E-state index contributed by atoms with van der Waals surface area (Å²) in [4.78, 5) is 4.37. The normalized spacial score (nSPS) is 10.0. The average Bonchev–Trinajstić information content (AvgIpc) is 2.67. The Bertz CT molecular complexity index is 849. The molecule has 3 rings (SSSR count). The molecule has 0 N–H and O–H groups in total. The Kier molecular flexibility index (Phi) is 4.78. The maximum atomic E-state index is 5.71. The van der Waals surface area contributed by atoms with Gasteiger partial charge in [-0.2, -0.15) is 0 Å². The Balaban J connectivity index is 1.78. The number of nitrogens with zero attached hydrogens (tertiary/aromatic N) is 1. The van der Waals surface area contributed by atoms with Gasteiger partial charge in [-0.15, -0.1) is 6.42 Å². The maximum absolute atomic E-state index is 5.71. The first-order chi connectivity index (χ1) is 11.8. The lowest BCUT2D eigenvalue weighted by atomic mass is 10.0. The lowest BCUT2D eigenvalue weighted by Crippen LogP contribution is -1.97. The molecule has 0 aliphatic rings. The molecule has 0 saturated carbocycles. The van der Waals surface area contributed by atoms with Gasteiger partial charge >= 0.3 is 0 Å². The summed E-state index contributed by atoms with van der Waals surface area (Å²) in [6, 6.07) is 19.4. The average molecular weight is 315 g/mol. The third-order valence-electron chi connectivity index (χ3n) is 3.66. The van der Waals surface area contributed by atoms with E-state index in [1.54, 1.807) is 13.3 Å². The van der Waals surface area contributed by atoms with Crippen LogP contribution in [0.2, 0.25) is 0 Å². The molecule has 1 heterocycles. The summed E-state index contributed by atoms with van der Waals surface area (Å²) < 4.78 is 11.0. The van der Waals surface area contributed by atoms with Gasteiger partial charge in [0.1, 0.15) is 12.4 Å². The van der Waals surface area contributed by atoms with E-state index in [1.807, 2.05) is 60.7 Å². The molecule has 0 unspecified atom stereocenters. The number of pyridine rings is 1. The number of hydrogen-bond acceptors (Lipinski definition) is 3. The van der Waals surface area contributed by atoms with Gasteiger partial charge in [-0.05, 0) is 29.8 Å². The molecule has 118 valence electrons. The number of methoxy groups -OCH3 is 1. The Morgan fingerprint density at radius 1 is 1.04 bits per heavy atom. The number of aromatic nitrogens is 1. The van der Waals surface area contributed by atoms with Crippen LogP contribution < -0.4 is 9.47 Å². The van der Waals surface area contributed by atoms with Crippen LogP contribution in [0.1, 0.15) is 11.1 Å². The molecule has 0 saturated heterocycles. The lowest BCUT2D eigenvalue weighted by molar-refractivity contribution is 0.294. The monoisotopic (exact) mass is 315 g/mol. The number of rotatable bonds is 5. The van der Waals surface area contributed by atoms with E-state index in [0.29, 0.717) is 12.5 Å². The van der Waals surface area contributed by atoms with E-state index in [-0.39, 0.29) is 0 Å². The van der Waals surface area contributed by atoms with E-state index >= 15 is 0 Å². The first kappa shape index (κ1) is 15.6. The van der Waals surface area contributed by atoms with Gasteiger partial charge in [0.05, 0.1) is 7.11 Å². The Labute approximate surface area is 141 Å². The summed E-state index contributed by atoms with van der Waals surface area (Å²) in [5, 5.41) is 0. The van der Waals surface area contributed by atoms with Gasteiger partial charge < -0.3 is 9.47 Å². The third kappa shape index (κ3) is 3.56. The standard InChI is InChI=1S/C21H17NO2/c1-3-17-9-11-19(23-2)13-20(17)18-10-12-21(22-14-18)24-15-16-7-5-4-6-8-16/h1,4-14H,15H2,2H3. The highest BCUT2D eigenvalue weighted by Gasteiger charge is 2.07. The summed E-state index contributed by atoms with van der Waals surface area (Å²) in [5.74, 6) is 4.03. The van der Waals surface area contributed by atoms with Crippen molar-refractivity contribution in [3.8, 4) is 35.1 Å². The van der Waals surface area contributed by atoms with Gasteiger partial charge in [0.25, 0.3) is 0 Å². The van der Waals surface area contributed by atoms with E-state index in [1.165, 1.54) is 0 Å². The molecular formula is C21H17NO2. The predicted molar refractivity (Wildman–Crippen MR) is 94.9 cm³/mol. The fourth-order valence-electron chi connectivity index (χ4n) is 2.37. The van der Waals surface area contributed by atoms with Crippen LogP contribution in [0.25, 0.3) is 11.1 Å². The minimum atomic E-state index is 0.488. The minimum Gasteiger partial charge on any atom is -0.497 e. The topological polar surface area (TPSA) is 31.4 Å². The number of hydrogen-bond donors (Lipinski definition) is 0. The highest BCUT2D eigenvalue weighted by molar-refractivity contribution is 5.72. The minimum absolute atomic E-state index is 0.488. The van der Waals surface area contributed by atoms with Gasteiger partial charge in [-0.25, -0.2) is 4.98 Å². The largest absolute Gasteiger partial charge is 0.497 e. The Hall–Kier alpha value is -3.25. The molecule has 0 atom stereocenters. The summed E-state index contributed by atoms with van der Waals surface area (Å²) in [7, 11) is 1.63. The van der Waals surface area contributed by atoms with Crippen LogP contribution in [-0.2, 0) is 6.61 Å². The van der Waals surface area contributed by atoms with Crippen molar-refractivity contribution in [1.29, 1.82) is 0 Å². The van der Waals surface area contributed by atoms with Crippen LogP contribution in [0.5, 0.6) is 11.6 Å². The van der Waals surface area contributed by atoms with Crippen LogP contribution in [0.4, 0.5) is 0 Å². The number of ether oxygens (including phenoxy) is 2. The molecular weight excluding hydrogens is 298 g/mol. The zero-order chi connectivity index (χ0) is 16.8. The number of terminal acetylenes is 1. The molecule has 3 aromatic rings. The van der Waals surface area contributed by atoms with Crippen molar-refractivity contribution in [2.75, 3.05) is 7.11 Å². The lowest BCUT2D eigenvalue weighted by Gasteiger charge is -2.09. The molecule has 0 amide bonds. The van der Waals surface area contributed by atoms with Crippen LogP contribution >= 0.6 is 0 Å². The summed E-state index contributed by atoms with van der Waals surface area (Å²) in [5.41, 5.74) is 3.74. The molecule has 24 heavy (non-hydrogen) atoms. The van der Waals surface area contributed by atoms with Crippen molar-refractivity contribution in [3.05, 3.63) is 78.0 Å². The molecule has 0 spiro atoms. The Morgan fingerprint density at radius 2 is 1.88 bits per heavy atom. The zero-order valence-electron chi connectivity index (χ0n) is 13.4. The van der Waals surface area contributed by atoms with Crippen molar-refractivity contribution in [3.63, 3.8) is 0 Å². The SMILES string of the molecule is C#Cc1ccc(OC)cc1-c1ccc(OCc2ccccc2)nc1. The summed E-state index contributed by atoms with van der Waals surface area (Å²) >= 11 is 0. The van der Waals surface area contributed by atoms with E-state index < -0.39 is 0 Å². The zero-order valence-corrected chi connectivity index (χ0v) is 13.4. The Morgan fingerprint density at radius 3 is 2.54 bits per heavy atom. The fraction of sp³-hybridized carbons (Fsp3) is 0.0952.